The predicted molar refractivity (Wildman–Crippen MR) is 64.6 cm³/mol. The predicted octanol–water partition coefficient (Wildman–Crippen LogP) is 1.83. The molecule has 1 unspecified atom stereocenters. The molecule has 0 N–H and O–H groups in total. The summed E-state index contributed by atoms with van der Waals surface area (Å²) in [6.07, 6.45) is 0.239. The summed E-state index contributed by atoms with van der Waals surface area (Å²) < 4.78 is 4.62. The van der Waals surface area contributed by atoms with Crippen molar-refractivity contribution in [3.63, 3.8) is 0 Å². The van der Waals surface area contributed by atoms with Gasteiger partial charge < -0.3 is 4.74 Å². The van der Waals surface area contributed by atoms with Gasteiger partial charge in [-0.25, -0.2) is 4.79 Å². The molecule has 0 aromatic heterocycles. The van der Waals surface area contributed by atoms with Gasteiger partial charge in [-0.3, -0.25) is 9.59 Å². The van der Waals surface area contributed by atoms with Crippen molar-refractivity contribution in [2.24, 2.45) is 5.92 Å². The molecule has 1 atom stereocenters. The Morgan fingerprint density at radius 3 is 2.83 bits per heavy atom. The zero-order valence-corrected chi connectivity index (χ0v) is 10.5. The Bertz CT molecular complexity index is 536. The van der Waals surface area contributed by atoms with E-state index in [0.29, 0.717) is 10.6 Å². The van der Waals surface area contributed by atoms with Crippen molar-refractivity contribution in [3.05, 3.63) is 34.3 Å². The van der Waals surface area contributed by atoms with Crippen LogP contribution >= 0.6 is 11.6 Å². The number of fused-ring (bicyclic) bond motifs is 1. The van der Waals surface area contributed by atoms with Gasteiger partial charge in [0.05, 0.1) is 12.5 Å². The Kier molecular flexibility index (Phi) is 3.48. The number of ketones is 2. The first kappa shape index (κ1) is 12.8. The lowest BCUT2D eigenvalue weighted by Gasteiger charge is -2.05. The summed E-state index contributed by atoms with van der Waals surface area (Å²) in [4.78, 5) is 35.1. The van der Waals surface area contributed by atoms with Gasteiger partial charge in [-0.15, -0.1) is 0 Å². The van der Waals surface area contributed by atoms with Gasteiger partial charge in [-0.1, -0.05) is 17.7 Å². The third-order valence-electron chi connectivity index (χ3n) is 2.87. The average molecular weight is 267 g/mol. The number of carbonyl (C=O) groups is 3. The van der Waals surface area contributed by atoms with Crippen molar-refractivity contribution in [1.82, 2.24) is 0 Å². The van der Waals surface area contributed by atoms with Crippen LogP contribution in [0.5, 0.6) is 0 Å². The molecular formula is C13H11ClO4. The second kappa shape index (κ2) is 4.90. The number of hydrogen-bond donors (Lipinski definition) is 0. The lowest BCUT2D eigenvalue weighted by atomic mass is 10.00. The standard InChI is InChI=1S/C13H11ClO4/c1-2-18-13(17)12(16)10-5-7-3-4-8(14)6-9(7)11(10)15/h3-4,6,10H,2,5H2,1H3. The number of hydrogen-bond acceptors (Lipinski definition) is 4. The first-order valence-corrected chi connectivity index (χ1v) is 5.96. The van der Waals surface area contributed by atoms with Crippen LogP contribution in [0.2, 0.25) is 5.02 Å². The topological polar surface area (TPSA) is 60.4 Å². The van der Waals surface area contributed by atoms with Gasteiger partial charge in [0.2, 0.25) is 0 Å². The quantitative estimate of drug-likeness (QED) is 0.476. The van der Waals surface area contributed by atoms with Crippen LogP contribution in [0.1, 0.15) is 22.8 Å². The van der Waals surface area contributed by atoms with E-state index in [9.17, 15) is 14.4 Å². The molecule has 0 fully saturated rings. The van der Waals surface area contributed by atoms with Crippen molar-refractivity contribution in [1.29, 1.82) is 0 Å². The third kappa shape index (κ3) is 2.16. The second-order valence-corrected chi connectivity index (χ2v) is 4.44. The van der Waals surface area contributed by atoms with E-state index in [1.807, 2.05) is 0 Å². The van der Waals surface area contributed by atoms with Gasteiger partial charge in [0.15, 0.2) is 5.78 Å². The molecular weight excluding hydrogens is 256 g/mol. The van der Waals surface area contributed by atoms with Crippen LogP contribution in [0.3, 0.4) is 0 Å². The van der Waals surface area contributed by atoms with Crippen LogP contribution in [0.15, 0.2) is 18.2 Å². The highest BCUT2D eigenvalue weighted by molar-refractivity contribution is 6.40. The van der Waals surface area contributed by atoms with Crippen molar-refractivity contribution < 1.29 is 19.1 Å². The van der Waals surface area contributed by atoms with E-state index in [0.717, 1.165) is 5.56 Å². The minimum Gasteiger partial charge on any atom is -0.460 e. The van der Waals surface area contributed by atoms with Gasteiger partial charge in [-0.2, -0.15) is 0 Å². The van der Waals surface area contributed by atoms with Gasteiger partial charge in [-0.05, 0) is 31.0 Å². The Labute approximate surface area is 109 Å². The number of Topliss-reactive ketones (excluding diaryl/α,β-unsaturated/α-hetero) is 2. The largest absolute Gasteiger partial charge is 0.460 e. The Hall–Kier alpha value is -1.68. The minimum atomic E-state index is -0.961. The van der Waals surface area contributed by atoms with Crippen molar-refractivity contribution >= 4 is 29.1 Å². The molecule has 0 bridgehead atoms. The van der Waals surface area contributed by atoms with Crippen LogP contribution in [-0.2, 0) is 20.7 Å². The number of rotatable bonds is 3. The zero-order chi connectivity index (χ0) is 13.3. The molecule has 0 aliphatic heterocycles. The van der Waals surface area contributed by atoms with Gasteiger partial charge in [0, 0.05) is 10.6 Å². The van der Waals surface area contributed by atoms with Crippen molar-refractivity contribution in [3.8, 4) is 0 Å². The van der Waals surface area contributed by atoms with E-state index in [4.69, 9.17) is 11.6 Å². The fraction of sp³-hybridized carbons (Fsp3) is 0.308. The van der Waals surface area contributed by atoms with E-state index in [-0.39, 0.29) is 18.8 Å². The summed E-state index contributed by atoms with van der Waals surface area (Å²) in [5.74, 6) is -3.05. The SMILES string of the molecule is CCOC(=O)C(=O)C1Cc2ccc(Cl)cc2C1=O. The molecule has 1 aliphatic carbocycles. The monoisotopic (exact) mass is 266 g/mol. The van der Waals surface area contributed by atoms with Crippen LogP contribution in [0, 0.1) is 5.92 Å². The van der Waals surface area contributed by atoms with Gasteiger partial charge in [0.1, 0.15) is 0 Å². The fourth-order valence-corrected chi connectivity index (χ4v) is 2.18. The smallest absolute Gasteiger partial charge is 0.375 e. The summed E-state index contributed by atoms with van der Waals surface area (Å²) >= 11 is 5.80. The van der Waals surface area contributed by atoms with E-state index < -0.39 is 17.7 Å². The molecule has 1 aromatic rings. The summed E-state index contributed by atoms with van der Waals surface area (Å²) in [6.45, 7) is 1.72. The highest BCUT2D eigenvalue weighted by Gasteiger charge is 2.39. The number of esters is 1. The molecule has 0 heterocycles. The molecule has 0 saturated heterocycles. The van der Waals surface area contributed by atoms with Crippen LogP contribution < -0.4 is 0 Å². The molecule has 0 saturated carbocycles. The Morgan fingerprint density at radius 2 is 2.17 bits per heavy atom. The maximum atomic E-state index is 12.0. The Morgan fingerprint density at radius 1 is 1.44 bits per heavy atom. The third-order valence-corrected chi connectivity index (χ3v) is 3.11. The van der Waals surface area contributed by atoms with Crippen LogP contribution in [0.4, 0.5) is 0 Å². The summed E-state index contributed by atoms with van der Waals surface area (Å²) in [5, 5.41) is 0.436. The molecule has 0 amide bonds. The lowest BCUT2D eigenvalue weighted by Crippen LogP contribution is -2.29. The van der Waals surface area contributed by atoms with Crippen LogP contribution in [0.25, 0.3) is 0 Å². The maximum absolute atomic E-state index is 12.0. The summed E-state index contributed by atoms with van der Waals surface area (Å²) in [5.41, 5.74) is 1.16. The molecule has 94 valence electrons. The number of ether oxygens (including phenoxy) is 1. The molecule has 4 nitrogen and oxygen atoms in total. The van der Waals surface area contributed by atoms with Gasteiger partial charge in [0.25, 0.3) is 5.78 Å². The highest BCUT2D eigenvalue weighted by atomic mass is 35.5. The van der Waals surface area contributed by atoms with Gasteiger partial charge >= 0.3 is 5.97 Å². The molecule has 0 radical (unpaired) electrons. The number of carbonyl (C=O) groups excluding carboxylic acids is 3. The van der Waals surface area contributed by atoms with Crippen LogP contribution in [-0.4, -0.2) is 24.1 Å². The minimum absolute atomic E-state index is 0.115. The maximum Gasteiger partial charge on any atom is 0.375 e. The second-order valence-electron chi connectivity index (χ2n) is 4.01. The number of halogens is 1. The highest BCUT2D eigenvalue weighted by Crippen LogP contribution is 2.29. The molecule has 2 rings (SSSR count). The summed E-state index contributed by atoms with van der Waals surface area (Å²) in [7, 11) is 0. The molecule has 0 spiro atoms. The Balaban J connectivity index is 2.24. The van der Waals surface area contributed by atoms with E-state index in [1.54, 1.807) is 19.1 Å². The zero-order valence-electron chi connectivity index (χ0n) is 9.73. The lowest BCUT2D eigenvalue weighted by molar-refractivity contribution is -0.154. The first-order valence-electron chi connectivity index (χ1n) is 5.58. The fourth-order valence-electron chi connectivity index (χ4n) is 2.01. The normalized spacial score (nSPS) is 17.4. The van der Waals surface area contributed by atoms with E-state index >= 15 is 0 Å². The molecule has 5 heteroatoms. The molecule has 18 heavy (non-hydrogen) atoms. The molecule has 1 aromatic carbocycles. The summed E-state index contributed by atoms with van der Waals surface area (Å²) in [6, 6.07) is 4.89. The van der Waals surface area contributed by atoms with E-state index in [1.165, 1.54) is 6.07 Å². The van der Waals surface area contributed by atoms with Crippen molar-refractivity contribution in [2.45, 2.75) is 13.3 Å². The molecule has 1 aliphatic rings. The van der Waals surface area contributed by atoms with Crippen molar-refractivity contribution in [2.75, 3.05) is 6.61 Å². The first-order chi connectivity index (χ1) is 8.54. The average Bonchev–Trinajstić information content (AvgIpc) is 2.66. The van der Waals surface area contributed by atoms with E-state index in [2.05, 4.69) is 4.74 Å². The number of benzene rings is 1.